The SMILES string of the molecule is CCOC(=O)c1ccc(S(=O)(=O)N2CCCN(Cc3ccc(C)cc3)CC2)c(Br)c1. The van der Waals surface area contributed by atoms with E-state index in [0.29, 0.717) is 29.7 Å². The van der Waals surface area contributed by atoms with E-state index in [1.54, 1.807) is 6.92 Å². The Hall–Kier alpha value is -1.74. The van der Waals surface area contributed by atoms with Gasteiger partial charge in [-0.25, -0.2) is 13.2 Å². The van der Waals surface area contributed by atoms with Gasteiger partial charge in [-0.1, -0.05) is 29.8 Å². The topological polar surface area (TPSA) is 66.9 Å². The molecule has 8 heteroatoms. The zero-order valence-electron chi connectivity index (χ0n) is 17.3. The highest BCUT2D eigenvalue weighted by Gasteiger charge is 2.29. The van der Waals surface area contributed by atoms with Crippen LogP contribution in [0.3, 0.4) is 0 Å². The lowest BCUT2D eigenvalue weighted by Crippen LogP contribution is -2.35. The van der Waals surface area contributed by atoms with E-state index in [0.717, 1.165) is 19.5 Å². The Morgan fingerprint density at radius 1 is 1.07 bits per heavy atom. The van der Waals surface area contributed by atoms with E-state index in [-0.39, 0.29) is 11.5 Å². The number of esters is 1. The van der Waals surface area contributed by atoms with Crippen LogP contribution in [-0.2, 0) is 21.3 Å². The lowest BCUT2D eigenvalue weighted by molar-refractivity contribution is 0.0526. The first kappa shape index (κ1) is 22.9. The summed E-state index contributed by atoms with van der Waals surface area (Å²) in [4.78, 5) is 14.4. The van der Waals surface area contributed by atoms with Crippen LogP contribution < -0.4 is 0 Å². The van der Waals surface area contributed by atoms with Gasteiger partial charge in [-0.15, -0.1) is 0 Å². The van der Waals surface area contributed by atoms with Gasteiger partial charge in [0, 0.05) is 30.7 Å². The lowest BCUT2D eigenvalue weighted by atomic mass is 10.1. The van der Waals surface area contributed by atoms with Crippen molar-refractivity contribution in [3.05, 3.63) is 63.6 Å². The van der Waals surface area contributed by atoms with Crippen LogP contribution in [0.25, 0.3) is 0 Å². The molecular weight excluding hydrogens is 468 g/mol. The van der Waals surface area contributed by atoms with E-state index in [9.17, 15) is 13.2 Å². The van der Waals surface area contributed by atoms with Gasteiger partial charge in [0.05, 0.1) is 17.1 Å². The van der Waals surface area contributed by atoms with E-state index in [1.807, 2.05) is 0 Å². The third kappa shape index (κ3) is 5.49. The maximum Gasteiger partial charge on any atom is 0.338 e. The van der Waals surface area contributed by atoms with Gasteiger partial charge in [0.2, 0.25) is 10.0 Å². The minimum atomic E-state index is -3.67. The molecule has 1 aliphatic rings. The summed E-state index contributed by atoms with van der Waals surface area (Å²) >= 11 is 3.33. The molecule has 0 spiro atoms. The molecule has 0 N–H and O–H groups in total. The van der Waals surface area contributed by atoms with Gasteiger partial charge in [-0.3, -0.25) is 4.90 Å². The monoisotopic (exact) mass is 494 g/mol. The molecule has 30 heavy (non-hydrogen) atoms. The molecule has 0 aromatic heterocycles. The van der Waals surface area contributed by atoms with Crippen molar-refractivity contribution in [3.63, 3.8) is 0 Å². The smallest absolute Gasteiger partial charge is 0.338 e. The highest BCUT2D eigenvalue weighted by atomic mass is 79.9. The number of carbonyl (C=O) groups excluding carboxylic acids is 1. The summed E-state index contributed by atoms with van der Waals surface area (Å²) in [5, 5.41) is 0. The van der Waals surface area contributed by atoms with E-state index < -0.39 is 16.0 Å². The normalized spacial score (nSPS) is 16.2. The second-order valence-electron chi connectivity index (χ2n) is 7.39. The summed E-state index contributed by atoms with van der Waals surface area (Å²) in [7, 11) is -3.67. The number of sulfonamides is 1. The second kappa shape index (κ2) is 10.0. The number of halogens is 1. The maximum absolute atomic E-state index is 13.2. The number of rotatable bonds is 6. The molecule has 162 valence electrons. The van der Waals surface area contributed by atoms with Gasteiger partial charge in [0.1, 0.15) is 0 Å². The molecule has 1 fully saturated rings. The Morgan fingerprint density at radius 2 is 1.80 bits per heavy atom. The largest absolute Gasteiger partial charge is 0.462 e. The molecular formula is C22H27BrN2O4S. The number of hydrogen-bond acceptors (Lipinski definition) is 5. The van der Waals surface area contributed by atoms with Crippen molar-refractivity contribution in [1.29, 1.82) is 0 Å². The predicted octanol–water partition coefficient (Wildman–Crippen LogP) is 3.83. The quantitative estimate of drug-likeness (QED) is 0.570. The van der Waals surface area contributed by atoms with Crippen molar-refractivity contribution in [3.8, 4) is 0 Å². The second-order valence-corrected chi connectivity index (χ2v) is 10.1. The minimum absolute atomic E-state index is 0.169. The maximum atomic E-state index is 13.2. The van der Waals surface area contributed by atoms with Gasteiger partial charge in [-0.2, -0.15) is 4.31 Å². The van der Waals surface area contributed by atoms with Crippen LogP contribution in [0.15, 0.2) is 51.8 Å². The molecule has 2 aromatic rings. The van der Waals surface area contributed by atoms with Gasteiger partial charge in [0.15, 0.2) is 0 Å². The number of benzene rings is 2. The average molecular weight is 495 g/mol. The number of hydrogen-bond donors (Lipinski definition) is 0. The fourth-order valence-corrected chi connectivity index (χ4v) is 6.00. The van der Waals surface area contributed by atoms with Crippen LogP contribution in [-0.4, -0.2) is 56.4 Å². The van der Waals surface area contributed by atoms with Gasteiger partial charge < -0.3 is 4.74 Å². The molecule has 0 unspecified atom stereocenters. The first-order valence-electron chi connectivity index (χ1n) is 10.1. The Balaban J connectivity index is 1.70. The zero-order valence-corrected chi connectivity index (χ0v) is 19.7. The fourth-order valence-electron chi connectivity index (χ4n) is 3.49. The number of ether oxygens (including phenoxy) is 1. The summed E-state index contributed by atoms with van der Waals surface area (Å²) in [5.41, 5.74) is 2.78. The van der Waals surface area contributed by atoms with Crippen molar-refractivity contribution < 1.29 is 17.9 Å². The third-order valence-corrected chi connectivity index (χ3v) is 8.01. The summed E-state index contributed by atoms with van der Waals surface area (Å²) in [5.74, 6) is -0.469. The van der Waals surface area contributed by atoms with Crippen LogP contribution >= 0.6 is 15.9 Å². The van der Waals surface area contributed by atoms with Crippen LogP contribution in [0, 0.1) is 6.92 Å². The zero-order chi connectivity index (χ0) is 21.7. The van der Waals surface area contributed by atoms with Crippen molar-refractivity contribution >= 4 is 31.9 Å². The van der Waals surface area contributed by atoms with Gasteiger partial charge in [0.25, 0.3) is 0 Å². The molecule has 0 amide bonds. The number of carbonyl (C=O) groups is 1. The molecule has 1 saturated heterocycles. The van der Waals surface area contributed by atoms with E-state index in [2.05, 4.69) is 52.0 Å². The Kier molecular flexibility index (Phi) is 7.68. The highest BCUT2D eigenvalue weighted by molar-refractivity contribution is 9.10. The minimum Gasteiger partial charge on any atom is -0.462 e. The van der Waals surface area contributed by atoms with Crippen molar-refractivity contribution in [2.75, 3.05) is 32.8 Å². The molecule has 1 heterocycles. The van der Waals surface area contributed by atoms with E-state index in [4.69, 9.17) is 4.74 Å². The molecule has 1 aliphatic heterocycles. The first-order chi connectivity index (χ1) is 14.3. The number of nitrogens with zero attached hydrogens (tertiary/aromatic N) is 2. The molecule has 0 bridgehead atoms. The summed E-state index contributed by atoms with van der Waals surface area (Å²) in [6, 6.07) is 12.9. The van der Waals surface area contributed by atoms with Crippen LogP contribution in [0.4, 0.5) is 0 Å². The molecule has 3 rings (SSSR count). The van der Waals surface area contributed by atoms with Crippen LogP contribution in [0.5, 0.6) is 0 Å². The lowest BCUT2D eigenvalue weighted by Gasteiger charge is -2.22. The molecule has 2 aromatic carbocycles. The van der Waals surface area contributed by atoms with E-state index in [1.165, 1.54) is 33.6 Å². The molecule has 6 nitrogen and oxygen atoms in total. The van der Waals surface area contributed by atoms with Crippen molar-refractivity contribution in [2.24, 2.45) is 0 Å². The van der Waals surface area contributed by atoms with Crippen LogP contribution in [0.2, 0.25) is 0 Å². The van der Waals surface area contributed by atoms with Gasteiger partial charge in [-0.05, 0) is 66.5 Å². The van der Waals surface area contributed by atoms with Crippen LogP contribution in [0.1, 0.15) is 34.8 Å². The van der Waals surface area contributed by atoms with E-state index >= 15 is 0 Å². The Labute approximate surface area is 187 Å². The summed E-state index contributed by atoms with van der Waals surface area (Å²) in [6.45, 7) is 7.30. The van der Waals surface area contributed by atoms with Crippen molar-refractivity contribution in [1.82, 2.24) is 9.21 Å². The summed E-state index contributed by atoms with van der Waals surface area (Å²) < 4.78 is 33.3. The summed E-state index contributed by atoms with van der Waals surface area (Å²) in [6.07, 6.45) is 0.767. The Bertz CT molecular complexity index is 993. The third-order valence-electron chi connectivity index (χ3n) is 5.14. The molecule has 0 atom stereocenters. The average Bonchev–Trinajstić information content (AvgIpc) is 2.96. The van der Waals surface area contributed by atoms with Crippen molar-refractivity contribution in [2.45, 2.75) is 31.7 Å². The highest BCUT2D eigenvalue weighted by Crippen LogP contribution is 2.27. The molecule has 0 radical (unpaired) electrons. The first-order valence-corrected chi connectivity index (χ1v) is 12.3. The number of aryl methyl sites for hydroxylation is 1. The predicted molar refractivity (Wildman–Crippen MR) is 120 cm³/mol. The Morgan fingerprint density at radius 3 is 2.47 bits per heavy atom. The van der Waals surface area contributed by atoms with Gasteiger partial charge >= 0.3 is 5.97 Å². The molecule has 0 aliphatic carbocycles. The molecule has 0 saturated carbocycles. The fraction of sp³-hybridized carbons (Fsp3) is 0.409. The standard InChI is InChI=1S/C22H27BrN2O4S/c1-3-29-22(26)19-9-10-21(20(23)15-19)30(27,28)25-12-4-11-24(13-14-25)16-18-7-5-17(2)6-8-18/h5-10,15H,3-4,11-14,16H2,1-2H3.